The van der Waals surface area contributed by atoms with Gasteiger partial charge in [0.15, 0.2) is 10.8 Å². The van der Waals surface area contributed by atoms with E-state index in [-0.39, 0.29) is 11.8 Å². The van der Waals surface area contributed by atoms with E-state index in [4.69, 9.17) is 9.84 Å². The Morgan fingerprint density at radius 3 is 2.86 bits per heavy atom. The van der Waals surface area contributed by atoms with Gasteiger partial charge in [0.25, 0.3) is 0 Å². The highest BCUT2D eigenvalue weighted by Crippen LogP contribution is 2.30. The molecule has 0 aliphatic carbocycles. The van der Waals surface area contributed by atoms with Crippen LogP contribution in [0.5, 0.6) is 0 Å². The van der Waals surface area contributed by atoms with E-state index in [9.17, 15) is 4.79 Å². The summed E-state index contributed by atoms with van der Waals surface area (Å²) in [4.78, 5) is 15.4. The van der Waals surface area contributed by atoms with Gasteiger partial charge in [-0.15, -0.1) is 0 Å². The van der Waals surface area contributed by atoms with Crippen LogP contribution in [0.4, 0.5) is 0 Å². The second kappa shape index (κ2) is 6.48. The van der Waals surface area contributed by atoms with Crippen molar-refractivity contribution in [1.82, 2.24) is 19.3 Å². The van der Waals surface area contributed by atoms with Gasteiger partial charge >= 0.3 is 5.97 Å². The van der Waals surface area contributed by atoms with Crippen molar-refractivity contribution in [2.45, 2.75) is 31.5 Å². The highest BCUT2D eigenvalue weighted by Gasteiger charge is 2.21. The fourth-order valence-corrected chi connectivity index (χ4v) is 3.13. The first-order valence-corrected chi connectivity index (χ1v) is 7.69. The summed E-state index contributed by atoms with van der Waals surface area (Å²) in [6.45, 7) is 4.62. The van der Waals surface area contributed by atoms with Crippen LogP contribution in [0.2, 0.25) is 0 Å². The van der Waals surface area contributed by atoms with Crippen molar-refractivity contribution >= 4 is 28.9 Å². The highest BCUT2D eigenvalue weighted by molar-refractivity contribution is 7.99. The zero-order valence-corrected chi connectivity index (χ0v) is 13.5. The smallest absolute Gasteiger partial charge is 0.313 e. The van der Waals surface area contributed by atoms with Gasteiger partial charge < -0.3 is 14.4 Å². The molecule has 1 atom stereocenters. The minimum atomic E-state index is -0.849. The quantitative estimate of drug-likeness (QED) is 0.786. The molecule has 116 valence electrons. The number of carboxylic acid groups (broad SMARTS) is 1. The minimum Gasteiger partial charge on any atom is -0.481 e. The van der Waals surface area contributed by atoms with Gasteiger partial charge in [0, 0.05) is 26.8 Å². The van der Waals surface area contributed by atoms with Crippen molar-refractivity contribution in [3.8, 4) is 0 Å². The lowest BCUT2D eigenvalue weighted by molar-refractivity contribution is -0.133. The molecule has 21 heavy (non-hydrogen) atoms. The number of carboxylic acids is 1. The monoisotopic (exact) mass is 312 g/mol. The number of hydrogen-bond acceptors (Lipinski definition) is 5. The lowest BCUT2D eigenvalue weighted by atomic mass is 10.2. The predicted molar refractivity (Wildman–Crippen MR) is 80.8 cm³/mol. The third-order valence-electron chi connectivity index (χ3n) is 3.31. The van der Waals surface area contributed by atoms with E-state index in [1.54, 1.807) is 11.8 Å². The highest BCUT2D eigenvalue weighted by atomic mass is 32.2. The third-order valence-corrected chi connectivity index (χ3v) is 4.25. The standard InChI is InChI=1S/C13H20N4O3S/c1-8(5-6-20-4)17-12-11(9(2)15-16(12)3)14-13(17)21-7-10(18)19/h8H,5-7H2,1-4H3,(H,18,19). The second-order valence-electron chi connectivity index (χ2n) is 4.96. The molecule has 0 radical (unpaired) electrons. The van der Waals surface area contributed by atoms with Crippen LogP contribution in [-0.4, -0.2) is 49.9 Å². The lowest BCUT2D eigenvalue weighted by Gasteiger charge is -2.16. The van der Waals surface area contributed by atoms with E-state index in [1.165, 1.54) is 11.8 Å². The summed E-state index contributed by atoms with van der Waals surface area (Å²) in [6.07, 6.45) is 0.826. The van der Waals surface area contributed by atoms with Crippen LogP contribution < -0.4 is 0 Å². The van der Waals surface area contributed by atoms with Crippen LogP contribution in [-0.2, 0) is 16.6 Å². The Morgan fingerprint density at radius 2 is 2.24 bits per heavy atom. The summed E-state index contributed by atoms with van der Waals surface area (Å²) < 4.78 is 8.99. The van der Waals surface area contributed by atoms with Gasteiger partial charge in [0.2, 0.25) is 0 Å². The van der Waals surface area contributed by atoms with Crippen LogP contribution in [0.1, 0.15) is 25.1 Å². The Hall–Kier alpha value is -1.54. The number of thioether (sulfide) groups is 1. The van der Waals surface area contributed by atoms with Crippen LogP contribution in [0.15, 0.2) is 5.16 Å². The Kier molecular flexibility index (Phi) is 4.89. The van der Waals surface area contributed by atoms with Crippen molar-refractivity contribution in [2.24, 2.45) is 7.05 Å². The maximum atomic E-state index is 10.8. The van der Waals surface area contributed by atoms with E-state index >= 15 is 0 Å². The molecule has 8 heteroatoms. The number of nitrogens with zero attached hydrogens (tertiary/aromatic N) is 4. The Morgan fingerprint density at radius 1 is 1.52 bits per heavy atom. The fraction of sp³-hybridized carbons (Fsp3) is 0.615. The van der Waals surface area contributed by atoms with Gasteiger partial charge in [-0.25, -0.2) is 4.98 Å². The second-order valence-corrected chi connectivity index (χ2v) is 5.90. The van der Waals surface area contributed by atoms with E-state index in [0.717, 1.165) is 23.3 Å². The van der Waals surface area contributed by atoms with Crippen molar-refractivity contribution < 1.29 is 14.6 Å². The molecular formula is C13H20N4O3S. The Labute approximate surface area is 127 Å². The molecule has 2 aromatic heterocycles. The molecule has 2 heterocycles. The number of ether oxygens (including phenoxy) is 1. The molecule has 0 spiro atoms. The van der Waals surface area contributed by atoms with E-state index < -0.39 is 5.97 Å². The first-order valence-electron chi connectivity index (χ1n) is 6.70. The molecule has 0 saturated carbocycles. The summed E-state index contributed by atoms with van der Waals surface area (Å²) in [5, 5.41) is 14.0. The first kappa shape index (κ1) is 15.8. The summed E-state index contributed by atoms with van der Waals surface area (Å²) >= 11 is 1.24. The average Bonchev–Trinajstić information content (AvgIpc) is 2.93. The summed E-state index contributed by atoms with van der Waals surface area (Å²) in [5.74, 6) is -0.856. The largest absolute Gasteiger partial charge is 0.481 e. The van der Waals surface area contributed by atoms with Crippen molar-refractivity contribution in [2.75, 3.05) is 19.5 Å². The number of methoxy groups -OCH3 is 1. The normalized spacial score (nSPS) is 13.0. The number of imidazole rings is 1. The van der Waals surface area contributed by atoms with E-state index in [0.29, 0.717) is 11.8 Å². The maximum Gasteiger partial charge on any atom is 0.313 e. The molecule has 1 N–H and O–H groups in total. The van der Waals surface area contributed by atoms with Gasteiger partial charge in [-0.2, -0.15) is 5.10 Å². The molecule has 2 aromatic rings. The molecular weight excluding hydrogens is 292 g/mol. The molecule has 7 nitrogen and oxygen atoms in total. The molecule has 0 aromatic carbocycles. The van der Waals surface area contributed by atoms with Gasteiger partial charge in [0.05, 0.1) is 11.4 Å². The van der Waals surface area contributed by atoms with Crippen molar-refractivity contribution in [3.05, 3.63) is 5.69 Å². The van der Waals surface area contributed by atoms with Crippen LogP contribution in [0, 0.1) is 6.92 Å². The SMILES string of the molecule is COCCC(C)n1c(SCC(=O)O)nc2c(C)nn(C)c21. The third kappa shape index (κ3) is 3.21. The topological polar surface area (TPSA) is 82.2 Å². The molecule has 1 unspecified atom stereocenters. The maximum absolute atomic E-state index is 10.8. The van der Waals surface area contributed by atoms with Gasteiger partial charge in [0.1, 0.15) is 5.52 Å². The fourth-order valence-electron chi connectivity index (χ4n) is 2.32. The van der Waals surface area contributed by atoms with Crippen molar-refractivity contribution in [3.63, 3.8) is 0 Å². The van der Waals surface area contributed by atoms with Crippen LogP contribution >= 0.6 is 11.8 Å². The summed E-state index contributed by atoms with van der Waals surface area (Å²) in [5.41, 5.74) is 2.60. The number of rotatable bonds is 7. The van der Waals surface area contributed by atoms with Gasteiger partial charge in [-0.3, -0.25) is 9.48 Å². The number of hydrogen-bond donors (Lipinski definition) is 1. The van der Waals surface area contributed by atoms with Gasteiger partial charge in [-0.05, 0) is 20.3 Å². The molecule has 0 bridgehead atoms. The van der Waals surface area contributed by atoms with Crippen LogP contribution in [0.3, 0.4) is 0 Å². The molecule has 0 aliphatic heterocycles. The lowest BCUT2D eigenvalue weighted by Crippen LogP contribution is -2.12. The molecule has 2 rings (SSSR count). The predicted octanol–water partition coefficient (Wildman–Crippen LogP) is 1.85. The number of aryl methyl sites for hydroxylation is 2. The summed E-state index contributed by atoms with van der Waals surface area (Å²) in [6, 6.07) is 0.154. The van der Waals surface area contributed by atoms with Crippen molar-refractivity contribution in [1.29, 1.82) is 0 Å². The zero-order valence-electron chi connectivity index (χ0n) is 12.7. The zero-order chi connectivity index (χ0) is 15.6. The molecule has 0 fully saturated rings. The Bertz CT molecular complexity index is 649. The minimum absolute atomic E-state index is 0.00715. The first-order chi connectivity index (χ1) is 9.95. The Balaban J connectivity index is 2.45. The molecule has 0 amide bonds. The summed E-state index contributed by atoms with van der Waals surface area (Å²) in [7, 11) is 3.55. The number of fused-ring (bicyclic) bond motifs is 1. The molecule has 0 aliphatic rings. The number of carbonyl (C=O) groups is 1. The van der Waals surface area contributed by atoms with E-state index in [2.05, 4.69) is 21.6 Å². The van der Waals surface area contributed by atoms with E-state index in [1.807, 2.05) is 14.0 Å². The number of aromatic nitrogens is 4. The van der Waals surface area contributed by atoms with Gasteiger partial charge in [-0.1, -0.05) is 11.8 Å². The average molecular weight is 312 g/mol. The molecule has 0 saturated heterocycles. The van der Waals surface area contributed by atoms with Crippen LogP contribution in [0.25, 0.3) is 11.2 Å². The number of aliphatic carboxylic acids is 1.